The number of hydrogen-bond acceptors (Lipinski definition) is 4. The fraction of sp³-hybridized carbons (Fsp3) is 0.0667. The average Bonchev–Trinajstić information content (AvgIpc) is 3.35. The Hall–Kier alpha value is -3.67. The summed E-state index contributed by atoms with van der Waals surface area (Å²) < 4.78 is 1.06. The molecule has 4 nitrogen and oxygen atoms in total. The van der Waals surface area contributed by atoms with E-state index in [1.807, 2.05) is 30.3 Å². The molecular formula is C30H22BrClN4. The van der Waals surface area contributed by atoms with E-state index >= 15 is 0 Å². The van der Waals surface area contributed by atoms with Gasteiger partial charge in [0.15, 0.2) is 0 Å². The van der Waals surface area contributed by atoms with Gasteiger partial charge >= 0.3 is 0 Å². The van der Waals surface area contributed by atoms with Gasteiger partial charge in [-0.1, -0.05) is 70.0 Å². The number of hydrogen-bond donors (Lipinski definition) is 1. The zero-order valence-electron chi connectivity index (χ0n) is 19.3. The van der Waals surface area contributed by atoms with E-state index in [2.05, 4.69) is 104 Å². The van der Waals surface area contributed by atoms with Crippen molar-refractivity contribution in [3.05, 3.63) is 130 Å². The normalized spacial score (nSPS) is 15.2. The van der Waals surface area contributed by atoms with E-state index < -0.39 is 0 Å². The minimum atomic E-state index is 0.0841. The smallest absolute Gasteiger partial charge is 0.0832 e. The number of halogens is 2. The van der Waals surface area contributed by atoms with Crippen molar-refractivity contribution in [2.75, 3.05) is 10.3 Å². The molecule has 6 heteroatoms. The standard InChI is InChI=1S/C30H22BrClN4/c31-22-11-9-20(10-12-22)28-19-30(36(35-28)25-7-2-1-3-8-25)21-5-4-6-24(17-21)34-27-15-16-33-29-18-23(32)13-14-26(27)29/h1-18,30H,19H2,(H,33,34). The predicted molar refractivity (Wildman–Crippen MR) is 153 cm³/mol. The van der Waals surface area contributed by atoms with Crippen molar-refractivity contribution in [2.45, 2.75) is 12.5 Å². The van der Waals surface area contributed by atoms with Crippen LogP contribution in [0.1, 0.15) is 23.6 Å². The molecule has 6 rings (SSSR count). The van der Waals surface area contributed by atoms with Gasteiger partial charge in [-0.15, -0.1) is 0 Å². The van der Waals surface area contributed by atoms with Gasteiger partial charge in [0, 0.05) is 38.9 Å². The molecule has 0 aliphatic carbocycles. The second kappa shape index (κ2) is 9.76. The summed E-state index contributed by atoms with van der Waals surface area (Å²) in [4.78, 5) is 4.46. The number of hydrazone groups is 1. The molecule has 1 atom stereocenters. The molecular weight excluding hydrogens is 532 g/mol. The van der Waals surface area contributed by atoms with Crippen molar-refractivity contribution < 1.29 is 0 Å². The molecule has 2 heterocycles. The van der Waals surface area contributed by atoms with Gasteiger partial charge in [-0.2, -0.15) is 5.10 Å². The largest absolute Gasteiger partial charge is 0.355 e. The summed E-state index contributed by atoms with van der Waals surface area (Å²) in [6.07, 6.45) is 2.62. The molecule has 1 aliphatic rings. The molecule has 0 saturated carbocycles. The first kappa shape index (κ1) is 22.8. The Bertz CT molecular complexity index is 1570. The third-order valence-corrected chi connectivity index (χ3v) is 7.13. The van der Waals surface area contributed by atoms with Crippen LogP contribution in [0, 0.1) is 0 Å². The molecule has 4 aromatic carbocycles. The molecule has 36 heavy (non-hydrogen) atoms. The fourth-order valence-corrected chi connectivity index (χ4v) is 5.05. The Kier molecular flexibility index (Phi) is 6.18. The highest BCUT2D eigenvalue weighted by molar-refractivity contribution is 9.10. The summed E-state index contributed by atoms with van der Waals surface area (Å²) in [5.41, 5.74) is 7.35. The van der Waals surface area contributed by atoms with Crippen molar-refractivity contribution in [1.82, 2.24) is 4.98 Å². The lowest BCUT2D eigenvalue weighted by molar-refractivity contribution is 0.709. The van der Waals surface area contributed by atoms with Gasteiger partial charge < -0.3 is 5.32 Å². The van der Waals surface area contributed by atoms with Crippen LogP contribution >= 0.6 is 27.5 Å². The second-order valence-electron chi connectivity index (χ2n) is 8.72. The average molecular weight is 554 g/mol. The molecule has 0 saturated heterocycles. The topological polar surface area (TPSA) is 40.5 Å². The highest BCUT2D eigenvalue weighted by atomic mass is 79.9. The Morgan fingerprint density at radius 3 is 2.53 bits per heavy atom. The highest BCUT2D eigenvalue weighted by Crippen LogP contribution is 2.38. The quantitative estimate of drug-likeness (QED) is 0.236. The van der Waals surface area contributed by atoms with Crippen LogP contribution in [0.2, 0.25) is 5.02 Å². The predicted octanol–water partition coefficient (Wildman–Crippen LogP) is 8.75. The number of nitrogens with zero attached hydrogens (tertiary/aromatic N) is 3. The van der Waals surface area contributed by atoms with E-state index in [1.54, 1.807) is 6.20 Å². The minimum absolute atomic E-state index is 0.0841. The van der Waals surface area contributed by atoms with Crippen molar-refractivity contribution in [3.63, 3.8) is 0 Å². The summed E-state index contributed by atoms with van der Waals surface area (Å²) >= 11 is 9.71. The maximum atomic E-state index is 6.17. The van der Waals surface area contributed by atoms with Gasteiger partial charge in [0.25, 0.3) is 0 Å². The van der Waals surface area contributed by atoms with Crippen LogP contribution in [0.5, 0.6) is 0 Å². The number of para-hydroxylation sites is 1. The number of benzene rings is 4. The maximum Gasteiger partial charge on any atom is 0.0832 e. The van der Waals surface area contributed by atoms with Crippen LogP contribution in [0.15, 0.2) is 119 Å². The lowest BCUT2D eigenvalue weighted by Gasteiger charge is -2.24. The third-order valence-electron chi connectivity index (χ3n) is 6.36. The van der Waals surface area contributed by atoms with Gasteiger partial charge in [0.1, 0.15) is 0 Å². The van der Waals surface area contributed by atoms with E-state index in [0.717, 1.165) is 50.1 Å². The summed E-state index contributed by atoms with van der Waals surface area (Å²) in [7, 11) is 0. The summed E-state index contributed by atoms with van der Waals surface area (Å²) in [5.74, 6) is 0. The maximum absolute atomic E-state index is 6.17. The van der Waals surface area contributed by atoms with Crippen LogP contribution in [0.25, 0.3) is 10.9 Å². The van der Waals surface area contributed by atoms with E-state index in [0.29, 0.717) is 5.02 Å². The Labute approximate surface area is 223 Å². The Balaban J connectivity index is 1.34. The van der Waals surface area contributed by atoms with Crippen molar-refractivity contribution in [2.24, 2.45) is 5.10 Å². The number of pyridine rings is 1. The highest BCUT2D eigenvalue weighted by Gasteiger charge is 2.30. The van der Waals surface area contributed by atoms with Crippen LogP contribution in [-0.4, -0.2) is 10.7 Å². The Morgan fingerprint density at radius 1 is 0.861 bits per heavy atom. The van der Waals surface area contributed by atoms with Crippen molar-refractivity contribution in [3.8, 4) is 0 Å². The molecule has 1 unspecified atom stereocenters. The van der Waals surface area contributed by atoms with E-state index in [9.17, 15) is 0 Å². The lowest BCUT2D eigenvalue weighted by atomic mass is 9.97. The fourth-order valence-electron chi connectivity index (χ4n) is 4.61. The third kappa shape index (κ3) is 4.60. The number of rotatable bonds is 5. The summed E-state index contributed by atoms with van der Waals surface area (Å²) in [6, 6.07) is 35.1. The first-order chi connectivity index (χ1) is 17.6. The number of nitrogens with one attached hydrogen (secondary N) is 1. The molecule has 1 aromatic heterocycles. The summed E-state index contributed by atoms with van der Waals surface area (Å²) in [5, 5.41) is 12.5. The molecule has 1 aliphatic heterocycles. The van der Waals surface area contributed by atoms with Crippen LogP contribution in [0.4, 0.5) is 17.1 Å². The van der Waals surface area contributed by atoms with E-state index in [-0.39, 0.29) is 6.04 Å². The molecule has 0 radical (unpaired) electrons. The molecule has 176 valence electrons. The first-order valence-electron chi connectivity index (χ1n) is 11.7. The zero-order valence-corrected chi connectivity index (χ0v) is 21.6. The van der Waals surface area contributed by atoms with Gasteiger partial charge in [-0.3, -0.25) is 9.99 Å². The zero-order chi connectivity index (χ0) is 24.5. The molecule has 1 N–H and O–H groups in total. The van der Waals surface area contributed by atoms with E-state index in [4.69, 9.17) is 16.7 Å². The van der Waals surface area contributed by atoms with Crippen molar-refractivity contribution >= 4 is 61.2 Å². The lowest BCUT2D eigenvalue weighted by Crippen LogP contribution is -2.18. The molecule has 0 amide bonds. The minimum Gasteiger partial charge on any atom is -0.355 e. The van der Waals surface area contributed by atoms with Gasteiger partial charge in [-0.25, -0.2) is 0 Å². The molecule has 0 spiro atoms. The number of anilines is 3. The van der Waals surface area contributed by atoms with Crippen molar-refractivity contribution in [1.29, 1.82) is 0 Å². The van der Waals surface area contributed by atoms with E-state index in [1.165, 1.54) is 5.56 Å². The number of fused-ring (bicyclic) bond motifs is 1. The first-order valence-corrected chi connectivity index (χ1v) is 12.9. The molecule has 5 aromatic rings. The number of aromatic nitrogens is 1. The monoisotopic (exact) mass is 552 g/mol. The molecule has 0 bridgehead atoms. The Morgan fingerprint density at radius 2 is 1.69 bits per heavy atom. The summed E-state index contributed by atoms with van der Waals surface area (Å²) in [6.45, 7) is 0. The van der Waals surface area contributed by atoms with Crippen LogP contribution in [0.3, 0.4) is 0 Å². The second-order valence-corrected chi connectivity index (χ2v) is 10.1. The SMILES string of the molecule is Clc1ccc2c(Nc3cccc(C4CC(c5ccc(Br)cc5)=NN4c4ccccc4)c3)ccnc2c1. The van der Waals surface area contributed by atoms with Gasteiger partial charge in [0.2, 0.25) is 0 Å². The van der Waals surface area contributed by atoms with Crippen LogP contribution in [-0.2, 0) is 0 Å². The molecule has 0 fully saturated rings. The van der Waals surface area contributed by atoms with Gasteiger partial charge in [-0.05, 0) is 71.8 Å². The van der Waals surface area contributed by atoms with Crippen LogP contribution < -0.4 is 10.3 Å². The van der Waals surface area contributed by atoms with Gasteiger partial charge in [0.05, 0.1) is 23.0 Å².